The molecule has 1 heterocycles. The number of benzene rings is 1. The van der Waals surface area contributed by atoms with Crippen LogP contribution in [-0.2, 0) is 4.74 Å². The molecule has 20 heavy (non-hydrogen) atoms. The van der Waals surface area contributed by atoms with Gasteiger partial charge in [-0.25, -0.2) is 4.39 Å². The lowest BCUT2D eigenvalue weighted by Gasteiger charge is -2.34. The number of anilines is 1. The summed E-state index contributed by atoms with van der Waals surface area (Å²) < 4.78 is 20.3. The Balaban J connectivity index is 2.15. The van der Waals surface area contributed by atoms with E-state index in [0.29, 0.717) is 17.8 Å². The highest BCUT2D eigenvalue weighted by Crippen LogP contribution is 2.31. The predicted molar refractivity (Wildman–Crippen MR) is 80.3 cm³/mol. The normalized spacial score (nSPS) is 18.9. The van der Waals surface area contributed by atoms with Gasteiger partial charge in [-0.05, 0) is 47.3 Å². The summed E-state index contributed by atoms with van der Waals surface area (Å²) >= 11 is 3.16. The molecule has 5 heteroatoms. The summed E-state index contributed by atoms with van der Waals surface area (Å²) in [6, 6.07) is 5.31. The summed E-state index contributed by atoms with van der Waals surface area (Å²) in [5.74, 6) is -0.361. The molecule has 0 N–H and O–H groups in total. The molecule has 1 aliphatic heterocycles. The molecule has 0 aromatic heterocycles. The number of hydrogen-bond acceptors (Lipinski definition) is 3. The van der Waals surface area contributed by atoms with Gasteiger partial charge >= 0.3 is 0 Å². The molecular formula is C15H18BrFN2O. The largest absolute Gasteiger partial charge is 0.376 e. The lowest BCUT2D eigenvalue weighted by Crippen LogP contribution is -2.40. The van der Waals surface area contributed by atoms with E-state index in [1.165, 1.54) is 0 Å². The summed E-state index contributed by atoms with van der Waals surface area (Å²) in [6.07, 6.45) is 3.17. The third-order valence-electron chi connectivity index (χ3n) is 3.46. The van der Waals surface area contributed by atoms with Gasteiger partial charge in [0.25, 0.3) is 0 Å². The number of rotatable bonds is 4. The van der Waals surface area contributed by atoms with Crippen molar-refractivity contribution >= 4 is 21.6 Å². The Morgan fingerprint density at radius 3 is 3.05 bits per heavy atom. The Morgan fingerprint density at radius 2 is 2.35 bits per heavy atom. The van der Waals surface area contributed by atoms with E-state index in [9.17, 15) is 4.39 Å². The fourth-order valence-corrected chi connectivity index (χ4v) is 2.87. The minimum absolute atomic E-state index is 0.164. The van der Waals surface area contributed by atoms with E-state index in [4.69, 9.17) is 10.00 Å². The first-order valence-corrected chi connectivity index (χ1v) is 7.71. The average molecular weight is 341 g/mol. The summed E-state index contributed by atoms with van der Waals surface area (Å²) in [4.78, 5) is 2.01. The van der Waals surface area contributed by atoms with Crippen molar-refractivity contribution in [2.24, 2.45) is 0 Å². The molecule has 1 atom stereocenters. The molecule has 0 bridgehead atoms. The maximum absolute atomic E-state index is 14.3. The molecule has 108 valence electrons. The minimum Gasteiger partial charge on any atom is -0.376 e. The van der Waals surface area contributed by atoms with E-state index in [1.54, 1.807) is 12.1 Å². The fraction of sp³-hybridized carbons (Fsp3) is 0.533. The summed E-state index contributed by atoms with van der Waals surface area (Å²) in [7, 11) is 0. The van der Waals surface area contributed by atoms with Crippen LogP contribution in [0.1, 0.15) is 31.7 Å². The Morgan fingerprint density at radius 1 is 1.55 bits per heavy atom. The van der Waals surface area contributed by atoms with Crippen LogP contribution in [0.4, 0.5) is 10.1 Å². The fourth-order valence-electron chi connectivity index (χ4n) is 2.45. The standard InChI is InChI=1S/C15H18BrFN2O/c1-2-8-20-12-4-3-7-19(10-12)13-6-5-11(9-18)14(16)15(13)17/h5-6,12H,2-4,7-8,10H2,1H3. The monoisotopic (exact) mass is 340 g/mol. The summed E-state index contributed by atoms with van der Waals surface area (Å²) in [5, 5.41) is 8.90. The van der Waals surface area contributed by atoms with E-state index in [0.717, 1.165) is 32.4 Å². The Kier molecular flexibility index (Phi) is 5.38. The van der Waals surface area contributed by atoms with Crippen molar-refractivity contribution in [1.82, 2.24) is 0 Å². The molecule has 0 amide bonds. The second-order valence-electron chi connectivity index (χ2n) is 4.95. The van der Waals surface area contributed by atoms with Gasteiger partial charge in [0.15, 0.2) is 5.82 Å². The van der Waals surface area contributed by atoms with E-state index in [2.05, 4.69) is 22.9 Å². The first kappa shape index (κ1) is 15.3. The van der Waals surface area contributed by atoms with Crippen LogP contribution in [0.3, 0.4) is 0 Å². The minimum atomic E-state index is -0.361. The molecule has 1 saturated heterocycles. The molecule has 1 unspecified atom stereocenters. The van der Waals surface area contributed by atoms with Crippen molar-refractivity contribution in [2.75, 3.05) is 24.6 Å². The smallest absolute Gasteiger partial charge is 0.161 e. The second kappa shape index (κ2) is 7.05. The first-order valence-electron chi connectivity index (χ1n) is 6.92. The number of nitrogens with zero attached hydrogens (tertiary/aromatic N) is 2. The van der Waals surface area contributed by atoms with Crippen LogP contribution in [0.15, 0.2) is 16.6 Å². The van der Waals surface area contributed by atoms with Gasteiger partial charge in [0, 0.05) is 19.7 Å². The second-order valence-corrected chi connectivity index (χ2v) is 5.75. The highest BCUT2D eigenvalue weighted by Gasteiger charge is 2.24. The molecule has 3 nitrogen and oxygen atoms in total. The first-order chi connectivity index (χ1) is 9.67. The van der Waals surface area contributed by atoms with Crippen molar-refractivity contribution in [3.8, 4) is 6.07 Å². The Hall–Kier alpha value is -1.12. The molecule has 0 radical (unpaired) electrons. The van der Waals surface area contributed by atoms with Crippen LogP contribution < -0.4 is 4.90 Å². The number of ether oxygens (including phenoxy) is 1. The molecule has 2 rings (SSSR count). The van der Waals surface area contributed by atoms with Crippen molar-refractivity contribution < 1.29 is 9.13 Å². The van der Waals surface area contributed by atoms with Gasteiger partial charge in [0.1, 0.15) is 6.07 Å². The van der Waals surface area contributed by atoms with Crippen LogP contribution in [0.5, 0.6) is 0 Å². The van der Waals surface area contributed by atoms with Crippen LogP contribution in [0, 0.1) is 17.1 Å². The predicted octanol–water partition coefficient (Wildman–Crippen LogP) is 3.86. The third-order valence-corrected chi connectivity index (χ3v) is 4.23. The lowest BCUT2D eigenvalue weighted by atomic mass is 10.1. The van der Waals surface area contributed by atoms with E-state index < -0.39 is 0 Å². The average Bonchev–Trinajstić information content (AvgIpc) is 2.48. The quantitative estimate of drug-likeness (QED) is 0.835. The zero-order valence-electron chi connectivity index (χ0n) is 11.5. The topological polar surface area (TPSA) is 36.3 Å². The van der Waals surface area contributed by atoms with Crippen molar-refractivity contribution in [3.05, 3.63) is 28.0 Å². The molecule has 1 aliphatic rings. The molecule has 1 aromatic rings. The summed E-state index contributed by atoms with van der Waals surface area (Å²) in [6.45, 7) is 4.35. The Bertz CT molecular complexity index is 515. The van der Waals surface area contributed by atoms with Crippen molar-refractivity contribution in [3.63, 3.8) is 0 Å². The molecule has 1 fully saturated rings. The maximum Gasteiger partial charge on any atom is 0.161 e. The van der Waals surface area contributed by atoms with Gasteiger partial charge in [-0.1, -0.05) is 6.92 Å². The lowest BCUT2D eigenvalue weighted by molar-refractivity contribution is 0.0439. The van der Waals surface area contributed by atoms with Gasteiger partial charge in [-0.15, -0.1) is 0 Å². The highest BCUT2D eigenvalue weighted by atomic mass is 79.9. The van der Waals surface area contributed by atoms with Crippen LogP contribution >= 0.6 is 15.9 Å². The van der Waals surface area contributed by atoms with Crippen LogP contribution in [0.25, 0.3) is 0 Å². The van der Waals surface area contributed by atoms with Gasteiger partial charge in [0.05, 0.1) is 21.8 Å². The molecular weight excluding hydrogens is 323 g/mol. The van der Waals surface area contributed by atoms with E-state index >= 15 is 0 Å². The molecule has 1 aromatic carbocycles. The zero-order valence-corrected chi connectivity index (χ0v) is 13.1. The SMILES string of the molecule is CCCOC1CCCN(c2ccc(C#N)c(Br)c2F)C1. The number of hydrogen-bond donors (Lipinski definition) is 0. The van der Waals surface area contributed by atoms with Crippen LogP contribution in [-0.4, -0.2) is 25.8 Å². The molecule has 0 aliphatic carbocycles. The summed E-state index contributed by atoms with van der Waals surface area (Å²) in [5.41, 5.74) is 0.864. The maximum atomic E-state index is 14.3. The molecule has 0 spiro atoms. The third kappa shape index (κ3) is 3.31. The van der Waals surface area contributed by atoms with E-state index in [1.807, 2.05) is 11.0 Å². The van der Waals surface area contributed by atoms with Crippen LogP contribution in [0.2, 0.25) is 0 Å². The Labute approximate surface area is 127 Å². The number of piperidine rings is 1. The van der Waals surface area contributed by atoms with Gasteiger partial charge in [-0.3, -0.25) is 0 Å². The van der Waals surface area contributed by atoms with Gasteiger partial charge in [-0.2, -0.15) is 5.26 Å². The zero-order chi connectivity index (χ0) is 14.5. The number of halogens is 2. The van der Waals surface area contributed by atoms with Crippen molar-refractivity contribution in [1.29, 1.82) is 5.26 Å². The van der Waals surface area contributed by atoms with Gasteiger partial charge in [0.2, 0.25) is 0 Å². The van der Waals surface area contributed by atoms with Crippen molar-refractivity contribution in [2.45, 2.75) is 32.3 Å². The number of nitriles is 1. The molecule has 0 saturated carbocycles. The van der Waals surface area contributed by atoms with E-state index in [-0.39, 0.29) is 16.4 Å². The highest BCUT2D eigenvalue weighted by molar-refractivity contribution is 9.10. The van der Waals surface area contributed by atoms with Gasteiger partial charge < -0.3 is 9.64 Å².